The van der Waals surface area contributed by atoms with Gasteiger partial charge in [-0.3, -0.25) is 9.59 Å². The number of halogens is 2. The molecule has 0 amide bonds. The first-order valence-electron chi connectivity index (χ1n) is 6.35. The Hall–Kier alpha value is -0.220. The molecule has 0 aromatic rings. The van der Waals surface area contributed by atoms with Crippen molar-refractivity contribution in [1.29, 1.82) is 0 Å². The van der Waals surface area contributed by atoms with Gasteiger partial charge in [0.1, 0.15) is 0 Å². The van der Waals surface area contributed by atoms with Crippen molar-refractivity contribution in [2.45, 2.75) is 52.4 Å². The fourth-order valence-electron chi connectivity index (χ4n) is 1.96. The molecule has 1 aliphatic rings. The minimum Gasteiger partial charge on any atom is -0.289 e. The van der Waals surface area contributed by atoms with Crippen LogP contribution in [0.5, 0.6) is 0 Å². The van der Waals surface area contributed by atoms with E-state index in [1.165, 1.54) is 19.3 Å². The Balaban J connectivity index is 2.65. The van der Waals surface area contributed by atoms with E-state index in [-0.39, 0.29) is 11.6 Å². The van der Waals surface area contributed by atoms with Crippen LogP contribution in [0.2, 0.25) is 0 Å². The Morgan fingerprint density at radius 1 is 0.889 bits per heavy atom. The third-order valence-corrected chi connectivity index (χ3v) is 4.93. The van der Waals surface area contributed by atoms with E-state index in [2.05, 4.69) is 38.8 Å². The van der Waals surface area contributed by atoms with Gasteiger partial charge in [0.15, 0.2) is 5.78 Å². The second-order valence-electron chi connectivity index (χ2n) is 4.55. The Kier molecular flexibility index (Phi) is 6.50. The monoisotopic (exact) mass is 376 g/mol. The maximum absolute atomic E-state index is 12.1. The summed E-state index contributed by atoms with van der Waals surface area (Å²) in [7, 11) is 0. The molecular weight excluding hydrogens is 360 g/mol. The van der Waals surface area contributed by atoms with Gasteiger partial charge >= 0.3 is 0 Å². The number of ketones is 2. The molecule has 1 rings (SSSR count). The average Bonchev–Trinajstić information content (AvgIpc) is 2.37. The van der Waals surface area contributed by atoms with Crippen LogP contribution in [0.1, 0.15) is 52.4 Å². The van der Waals surface area contributed by atoms with E-state index in [9.17, 15) is 9.59 Å². The minimum absolute atomic E-state index is 0.0103. The van der Waals surface area contributed by atoms with Gasteiger partial charge in [-0.25, -0.2) is 0 Å². The van der Waals surface area contributed by atoms with Gasteiger partial charge in [0.2, 0.25) is 5.78 Å². The van der Waals surface area contributed by atoms with Crippen molar-refractivity contribution in [2.75, 3.05) is 0 Å². The maximum Gasteiger partial charge on any atom is 0.207 e. The Morgan fingerprint density at radius 3 is 2.11 bits per heavy atom. The van der Waals surface area contributed by atoms with Gasteiger partial charge in [-0.1, -0.05) is 32.6 Å². The van der Waals surface area contributed by atoms with Crippen molar-refractivity contribution in [3.05, 3.63) is 20.1 Å². The molecular formula is C14H18Br2O2. The summed E-state index contributed by atoms with van der Waals surface area (Å²) in [6.07, 6.45) is 6.40. The number of carbonyl (C=O) groups is 2. The molecule has 0 atom stereocenters. The lowest BCUT2D eigenvalue weighted by Gasteiger charge is -2.16. The second kappa shape index (κ2) is 7.39. The van der Waals surface area contributed by atoms with Crippen molar-refractivity contribution >= 4 is 43.4 Å². The van der Waals surface area contributed by atoms with E-state index in [4.69, 9.17) is 0 Å². The van der Waals surface area contributed by atoms with E-state index in [1.54, 1.807) is 6.92 Å². The normalized spacial score (nSPS) is 16.9. The number of allylic oxidation sites excluding steroid dienone is 4. The van der Waals surface area contributed by atoms with Crippen molar-refractivity contribution in [1.82, 2.24) is 0 Å². The van der Waals surface area contributed by atoms with Gasteiger partial charge in [0, 0.05) is 11.1 Å². The molecule has 0 radical (unpaired) electrons. The number of hydrogen-bond donors (Lipinski definition) is 0. The van der Waals surface area contributed by atoms with Crippen molar-refractivity contribution < 1.29 is 9.59 Å². The zero-order valence-corrected chi connectivity index (χ0v) is 14.0. The first-order chi connectivity index (χ1) is 8.50. The van der Waals surface area contributed by atoms with Crippen LogP contribution in [-0.4, -0.2) is 11.6 Å². The standard InChI is InChI=1S/C14H18Br2O2/c1-3-4-5-6-7-8-10-12(16)14(18)11(15)9(2)13(10)17/h3-8H2,1-2H3. The van der Waals surface area contributed by atoms with E-state index >= 15 is 0 Å². The number of hydrogen-bond acceptors (Lipinski definition) is 2. The van der Waals surface area contributed by atoms with Gasteiger partial charge in [-0.05, 0) is 51.6 Å². The van der Waals surface area contributed by atoms with Gasteiger partial charge in [0.05, 0.1) is 8.96 Å². The molecule has 0 N–H and O–H groups in total. The molecule has 0 fully saturated rings. The summed E-state index contributed by atoms with van der Waals surface area (Å²) in [6.45, 7) is 3.87. The Bertz CT molecular complexity index is 420. The lowest BCUT2D eigenvalue weighted by molar-refractivity contribution is -0.115. The third-order valence-electron chi connectivity index (χ3n) is 3.14. The predicted molar refractivity (Wildman–Crippen MR) is 81.0 cm³/mol. The topological polar surface area (TPSA) is 34.1 Å². The molecule has 0 spiro atoms. The van der Waals surface area contributed by atoms with E-state index in [0.717, 1.165) is 12.8 Å². The van der Waals surface area contributed by atoms with Crippen LogP contribution in [0.25, 0.3) is 0 Å². The molecule has 0 bridgehead atoms. The van der Waals surface area contributed by atoms with E-state index < -0.39 is 0 Å². The van der Waals surface area contributed by atoms with E-state index in [1.807, 2.05) is 0 Å². The fraction of sp³-hybridized carbons (Fsp3) is 0.571. The van der Waals surface area contributed by atoms with Gasteiger partial charge in [-0.15, -0.1) is 0 Å². The van der Waals surface area contributed by atoms with Gasteiger partial charge in [-0.2, -0.15) is 0 Å². The highest BCUT2D eigenvalue weighted by Gasteiger charge is 2.29. The highest BCUT2D eigenvalue weighted by molar-refractivity contribution is 9.13. The highest BCUT2D eigenvalue weighted by Crippen LogP contribution is 2.33. The predicted octanol–water partition coefficient (Wildman–Crippen LogP) is 4.82. The van der Waals surface area contributed by atoms with Crippen molar-refractivity contribution in [3.8, 4) is 0 Å². The molecule has 0 unspecified atom stereocenters. The molecule has 18 heavy (non-hydrogen) atoms. The zero-order valence-electron chi connectivity index (χ0n) is 10.8. The number of carbonyl (C=O) groups excluding carboxylic acids is 2. The fourth-order valence-corrected chi connectivity index (χ4v) is 3.18. The first kappa shape index (κ1) is 15.8. The lowest BCUT2D eigenvalue weighted by Crippen LogP contribution is -2.18. The number of Topliss-reactive ketones (excluding diaryl/α,β-unsaturated/α-hetero) is 2. The molecule has 0 saturated carbocycles. The van der Waals surface area contributed by atoms with Crippen LogP contribution in [-0.2, 0) is 9.59 Å². The van der Waals surface area contributed by atoms with Crippen LogP contribution >= 0.6 is 31.9 Å². The lowest BCUT2D eigenvalue weighted by atomic mass is 9.93. The number of unbranched alkanes of at least 4 members (excludes halogenated alkanes) is 4. The summed E-state index contributed by atoms with van der Waals surface area (Å²) in [5, 5.41) is 0. The SMILES string of the molecule is CCCCCCCC1=C(Br)C(=O)C(Br)=C(C)C1=O. The van der Waals surface area contributed by atoms with Crippen LogP contribution in [0, 0.1) is 0 Å². The second-order valence-corrected chi connectivity index (χ2v) is 6.14. The third kappa shape index (κ3) is 3.64. The average molecular weight is 378 g/mol. The maximum atomic E-state index is 12.1. The highest BCUT2D eigenvalue weighted by atomic mass is 79.9. The van der Waals surface area contributed by atoms with Crippen molar-refractivity contribution in [2.24, 2.45) is 0 Å². The summed E-state index contributed by atoms with van der Waals surface area (Å²) in [4.78, 5) is 23.9. The van der Waals surface area contributed by atoms with E-state index in [0.29, 0.717) is 26.5 Å². The number of rotatable bonds is 6. The first-order valence-corrected chi connectivity index (χ1v) is 7.93. The summed E-state index contributed by atoms with van der Waals surface area (Å²) in [5.41, 5.74) is 1.16. The molecule has 4 heteroatoms. The van der Waals surface area contributed by atoms with Crippen LogP contribution in [0.4, 0.5) is 0 Å². The molecule has 0 aliphatic heterocycles. The summed E-state index contributed by atoms with van der Waals surface area (Å²) in [6, 6.07) is 0. The molecule has 2 nitrogen and oxygen atoms in total. The summed E-state index contributed by atoms with van der Waals surface area (Å²) in [5.74, 6) is -0.125. The summed E-state index contributed by atoms with van der Waals surface area (Å²) >= 11 is 6.43. The minimum atomic E-state index is -0.115. The molecule has 0 saturated heterocycles. The van der Waals surface area contributed by atoms with Crippen LogP contribution < -0.4 is 0 Å². The van der Waals surface area contributed by atoms with Gasteiger partial charge < -0.3 is 0 Å². The zero-order chi connectivity index (χ0) is 13.7. The Labute approximate surface area is 125 Å². The van der Waals surface area contributed by atoms with Crippen molar-refractivity contribution in [3.63, 3.8) is 0 Å². The molecule has 1 aliphatic carbocycles. The molecule has 100 valence electrons. The smallest absolute Gasteiger partial charge is 0.207 e. The Morgan fingerprint density at radius 2 is 1.50 bits per heavy atom. The van der Waals surface area contributed by atoms with Gasteiger partial charge in [0.25, 0.3) is 0 Å². The summed E-state index contributed by atoms with van der Waals surface area (Å²) < 4.78 is 0.814. The van der Waals surface area contributed by atoms with Crippen LogP contribution in [0.3, 0.4) is 0 Å². The molecule has 0 aromatic carbocycles. The molecule has 0 aromatic heterocycles. The largest absolute Gasteiger partial charge is 0.289 e. The molecule has 0 heterocycles. The quantitative estimate of drug-likeness (QED) is 0.491. The van der Waals surface area contributed by atoms with Crippen LogP contribution in [0.15, 0.2) is 20.1 Å².